The smallest absolute Gasteiger partial charge is 0.0697 e. The molecule has 2 heteroatoms. The number of nitrogens with one attached hydrogen (secondary N) is 1. The van der Waals surface area contributed by atoms with Crippen LogP contribution in [0.3, 0.4) is 0 Å². The van der Waals surface area contributed by atoms with Crippen molar-refractivity contribution in [1.29, 1.82) is 5.26 Å². The van der Waals surface area contributed by atoms with E-state index >= 15 is 0 Å². The van der Waals surface area contributed by atoms with Crippen LogP contribution in [0.25, 0.3) is 0 Å². The average molecular weight is 278 g/mol. The standard InChI is InChI=1S/C19H22N2/c1-19(2,14-20)15-21-18(17-11-7-4-8-12-17)13-16-9-5-3-6-10-16/h3-12,18,21H,13,15H2,1-2H3. The average Bonchev–Trinajstić information content (AvgIpc) is 2.53. The number of hydrogen-bond acceptors (Lipinski definition) is 2. The molecule has 2 nitrogen and oxygen atoms in total. The monoisotopic (exact) mass is 278 g/mol. The predicted octanol–water partition coefficient (Wildman–Crippen LogP) is 4.11. The third-order valence-corrected chi connectivity index (χ3v) is 3.58. The first-order chi connectivity index (χ1) is 10.1. The number of nitrogens with zero attached hydrogens (tertiary/aromatic N) is 1. The minimum Gasteiger partial charge on any atom is -0.308 e. The van der Waals surface area contributed by atoms with Crippen molar-refractivity contribution in [1.82, 2.24) is 5.32 Å². The number of hydrogen-bond donors (Lipinski definition) is 1. The summed E-state index contributed by atoms with van der Waals surface area (Å²) in [5.41, 5.74) is 2.20. The Morgan fingerprint density at radius 3 is 2.14 bits per heavy atom. The summed E-state index contributed by atoms with van der Waals surface area (Å²) < 4.78 is 0. The molecule has 0 radical (unpaired) electrons. The van der Waals surface area contributed by atoms with E-state index in [4.69, 9.17) is 0 Å². The molecule has 0 fully saturated rings. The molecule has 2 aromatic rings. The minimum atomic E-state index is -0.357. The van der Waals surface area contributed by atoms with Crippen LogP contribution in [0.1, 0.15) is 31.0 Å². The van der Waals surface area contributed by atoms with Gasteiger partial charge >= 0.3 is 0 Å². The van der Waals surface area contributed by atoms with Gasteiger partial charge in [-0.1, -0.05) is 60.7 Å². The van der Waals surface area contributed by atoms with Crippen molar-refractivity contribution in [3.05, 3.63) is 71.8 Å². The summed E-state index contributed by atoms with van der Waals surface area (Å²) in [6, 6.07) is 23.5. The maximum absolute atomic E-state index is 9.18. The number of benzene rings is 2. The van der Waals surface area contributed by atoms with Crippen molar-refractivity contribution in [3.8, 4) is 6.07 Å². The van der Waals surface area contributed by atoms with Crippen LogP contribution in [0.4, 0.5) is 0 Å². The minimum absolute atomic E-state index is 0.223. The molecule has 0 aliphatic rings. The maximum Gasteiger partial charge on any atom is 0.0697 e. The molecule has 0 aliphatic heterocycles. The molecule has 0 aliphatic carbocycles. The maximum atomic E-state index is 9.18. The zero-order chi connectivity index (χ0) is 15.1. The molecular formula is C19H22N2. The third-order valence-electron chi connectivity index (χ3n) is 3.58. The van der Waals surface area contributed by atoms with Crippen molar-refractivity contribution in [2.45, 2.75) is 26.3 Å². The van der Waals surface area contributed by atoms with Gasteiger partial charge in [-0.25, -0.2) is 0 Å². The van der Waals surface area contributed by atoms with E-state index in [-0.39, 0.29) is 11.5 Å². The van der Waals surface area contributed by atoms with Gasteiger partial charge in [-0.2, -0.15) is 5.26 Å². The van der Waals surface area contributed by atoms with Crippen molar-refractivity contribution >= 4 is 0 Å². The van der Waals surface area contributed by atoms with E-state index in [1.807, 2.05) is 26.0 Å². The Morgan fingerprint density at radius 1 is 1.00 bits per heavy atom. The first-order valence-electron chi connectivity index (χ1n) is 7.34. The lowest BCUT2D eigenvalue weighted by Gasteiger charge is -2.24. The molecule has 0 bridgehead atoms. The SMILES string of the molecule is CC(C)(C#N)CNC(Cc1ccccc1)c1ccccc1. The topological polar surface area (TPSA) is 35.8 Å². The van der Waals surface area contributed by atoms with Crippen LogP contribution in [0, 0.1) is 16.7 Å². The molecule has 0 spiro atoms. The fourth-order valence-corrected chi connectivity index (χ4v) is 2.26. The summed E-state index contributed by atoms with van der Waals surface area (Å²) in [5.74, 6) is 0. The molecule has 0 saturated heterocycles. The largest absolute Gasteiger partial charge is 0.308 e. The quantitative estimate of drug-likeness (QED) is 0.863. The van der Waals surface area contributed by atoms with Gasteiger partial charge < -0.3 is 5.32 Å². The van der Waals surface area contributed by atoms with Crippen LogP contribution < -0.4 is 5.32 Å². The lowest BCUT2D eigenvalue weighted by atomic mass is 9.93. The fourth-order valence-electron chi connectivity index (χ4n) is 2.26. The van der Waals surface area contributed by atoms with Crippen molar-refractivity contribution in [2.75, 3.05) is 6.54 Å². The summed E-state index contributed by atoms with van der Waals surface area (Å²) in [7, 11) is 0. The van der Waals surface area contributed by atoms with E-state index in [9.17, 15) is 5.26 Å². The molecule has 108 valence electrons. The molecule has 1 unspecified atom stereocenters. The van der Waals surface area contributed by atoms with Gasteiger partial charge in [0.25, 0.3) is 0 Å². The molecule has 2 rings (SSSR count). The fraction of sp³-hybridized carbons (Fsp3) is 0.316. The summed E-state index contributed by atoms with van der Waals surface area (Å²) in [6.07, 6.45) is 0.923. The normalized spacial score (nSPS) is 12.6. The highest BCUT2D eigenvalue weighted by Crippen LogP contribution is 2.20. The Hall–Kier alpha value is -2.11. The lowest BCUT2D eigenvalue weighted by Crippen LogP contribution is -2.32. The van der Waals surface area contributed by atoms with E-state index in [0.29, 0.717) is 6.54 Å². The van der Waals surface area contributed by atoms with E-state index in [1.165, 1.54) is 11.1 Å². The Balaban J connectivity index is 2.14. The van der Waals surface area contributed by atoms with E-state index in [0.717, 1.165) is 6.42 Å². The lowest BCUT2D eigenvalue weighted by molar-refractivity contribution is 0.402. The van der Waals surface area contributed by atoms with Crippen LogP contribution in [0.5, 0.6) is 0 Å². The highest BCUT2D eigenvalue weighted by molar-refractivity contribution is 5.24. The van der Waals surface area contributed by atoms with Crippen molar-refractivity contribution < 1.29 is 0 Å². The molecule has 0 amide bonds. The van der Waals surface area contributed by atoms with Crippen LogP contribution in [-0.4, -0.2) is 6.54 Å². The zero-order valence-corrected chi connectivity index (χ0v) is 12.7. The number of nitriles is 1. The Bertz CT molecular complexity index is 582. The van der Waals surface area contributed by atoms with Crippen molar-refractivity contribution in [2.24, 2.45) is 5.41 Å². The Kier molecular flexibility index (Phi) is 5.14. The van der Waals surface area contributed by atoms with E-state index in [2.05, 4.69) is 59.9 Å². The molecule has 0 aromatic heterocycles. The van der Waals surface area contributed by atoms with Crippen LogP contribution >= 0.6 is 0 Å². The van der Waals surface area contributed by atoms with Gasteiger partial charge in [0.2, 0.25) is 0 Å². The van der Waals surface area contributed by atoms with Gasteiger partial charge in [0.15, 0.2) is 0 Å². The molecule has 1 N–H and O–H groups in total. The summed E-state index contributed by atoms with van der Waals surface area (Å²) in [4.78, 5) is 0. The van der Waals surface area contributed by atoms with Crippen LogP contribution in [-0.2, 0) is 6.42 Å². The second kappa shape index (κ2) is 7.06. The first-order valence-corrected chi connectivity index (χ1v) is 7.34. The van der Waals surface area contributed by atoms with Crippen molar-refractivity contribution in [3.63, 3.8) is 0 Å². The van der Waals surface area contributed by atoms with Gasteiger partial charge in [-0.05, 0) is 31.4 Å². The van der Waals surface area contributed by atoms with Gasteiger partial charge in [0.1, 0.15) is 0 Å². The highest BCUT2D eigenvalue weighted by atomic mass is 14.9. The van der Waals surface area contributed by atoms with Crippen LogP contribution in [0.2, 0.25) is 0 Å². The molecule has 21 heavy (non-hydrogen) atoms. The molecule has 0 heterocycles. The summed E-state index contributed by atoms with van der Waals surface area (Å²) in [6.45, 7) is 4.60. The Morgan fingerprint density at radius 2 is 1.57 bits per heavy atom. The Labute approximate surface area is 127 Å². The van der Waals surface area contributed by atoms with Gasteiger partial charge in [-0.15, -0.1) is 0 Å². The van der Waals surface area contributed by atoms with E-state index < -0.39 is 0 Å². The molecule has 1 atom stereocenters. The number of rotatable bonds is 6. The van der Waals surface area contributed by atoms with Gasteiger partial charge in [0.05, 0.1) is 11.5 Å². The predicted molar refractivity (Wildman–Crippen MR) is 86.7 cm³/mol. The third kappa shape index (κ3) is 4.73. The molecule has 2 aromatic carbocycles. The second-order valence-corrected chi connectivity index (χ2v) is 6.03. The molecule has 0 saturated carbocycles. The summed E-state index contributed by atoms with van der Waals surface area (Å²) in [5, 5.41) is 12.7. The zero-order valence-electron chi connectivity index (χ0n) is 12.7. The van der Waals surface area contributed by atoms with Gasteiger partial charge in [-0.3, -0.25) is 0 Å². The van der Waals surface area contributed by atoms with Gasteiger partial charge in [0, 0.05) is 12.6 Å². The van der Waals surface area contributed by atoms with E-state index in [1.54, 1.807) is 0 Å². The second-order valence-electron chi connectivity index (χ2n) is 6.03. The highest BCUT2D eigenvalue weighted by Gasteiger charge is 2.20. The first kappa shape index (κ1) is 15.3. The molecular weight excluding hydrogens is 256 g/mol. The van der Waals surface area contributed by atoms with Crippen LogP contribution in [0.15, 0.2) is 60.7 Å². The summed E-state index contributed by atoms with van der Waals surface area (Å²) >= 11 is 0.